The van der Waals surface area contributed by atoms with Crippen LogP contribution in [0.5, 0.6) is 0 Å². The molecule has 1 aromatic carbocycles. The molecule has 2 heterocycles. The van der Waals surface area contributed by atoms with E-state index in [0.29, 0.717) is 11.3 Å². The van der Waals surface area contributed by atoms with Crippen molar-refractivity contribution in [1.82, 2.24) is 15.3 Å². The minimum absolute atomic E-state index is 0.0447. The lowest BCUT2D eigenvalue weighted by Gasteiger charge is -2.13. The summed E-state index contributed by atoms with van der Waals surface area (Å²) in [6, 6.07) is 11.7. The second-order valence-corrected chi connectivity index (χ2v) is 5.48. The van der Waals surface area contributed by atoms with Crippen molar-refractivity contribution in [3.63, 3.8) is 0 Å². The monoisotopic (exact) mass is 357 g/mol. The van der Waals surface area contributed by atoms with E-state index in [4.69, 9.17) is 0 Å². The SMILES string of the molecule is O=C(NCc1cccnc1-c1cccnc1)c1ccccc1C(F)(F)F. The fraction of sp³-hybridized carbons (Fsp3) is 0.105. The second kappa shape index (κ2) is 7.35. The normalized spacial score (nSPS) is 11.2. The molecule has 0 bridgehead atoms. The van der Waals surface area contributed by atoms with Gasteiger partial charge in [0.05, 0.1) is 16.8 Å². The molecule has 0 radical (unpaired) electrons. The van der Waals surface area contributed by atoms with E-state index in [-0.39, 0.29) is 6.54 Å². The van der Waals surface area contributed by atoms with Crippen molar-refractivity contribution in [1.29, 1.82) is 0 Å². The van der Waals surface area contributed by atoms with Crippen LogP contribution in [0.25, 0.3) is 11.3 Å². The number of pyridine rings is 2. The van der Waals surface area contributed by atoms with E-state index < -0.39 is 23.2 Å². The number of carbonyl (C=O) groups is 1. The number of rotatable bonds is 4. The van der Waals surface area contributed by atoms with Gasteiger partial charge in [0.25, 0.3) is 5.91 Å². The van der Waals surface area contributed by atoms with E-state index in [9.17, 15) is 18.0 Å². The zero-order chi connectivity index (χ0) is 18.6. The maximum Gasteiger partial charge on any atom is 0.417 e. The summed E-state index contributed by atoms with van der Waals surface area (Å²) < 4.78 is 39.2. The standard InChI is InChI=1S/C19H14F3N3O/c20-19(21,22)16-8-2-1-7-15(16)18(26)25-12-14-6-4-10-24-17(14)13-5-3-9-23-11-13/h1-11H,12H2,(H,25,26). The fourth-order valence-electron chi connectivity index (χ4n) is 2.54. The van der Waals surface area contributed by atoms with E-state index in [0.717, 1.165) is 17.7 Å². The first-order valence-corrected chi connectivity index (χ1v) is 7.75. The van der Waals surface area contributed by atoms with Gasteiger partial charge in [-0.05, 0) is 35.9 Å². The molecule has 26 heavy (non-hydrogen) atoms. The molecular weight excluding hydrogens is 343 g/mol. The van der Waals surface area contributed by atoms with Crippen molar-refractivity contribution in [3.05, 3.63) is 83.8 Å². The first-order valence-electron chi connectivity index (χ1n) is 7.75. The van der Waals surface area contributed by atoms with Crippen LogP contribution in [-0.4, -0.2) is 15.9 Å². The highest BCUT2D eigenvalue weighted by Crippen LogP contribution is 2.31. The van der Waals surface area contributed by atoms with Gasteiger partial charge in [0.1, 0.15) is 0 Å². The highest BCUT2D eigenvalue weighted by molar-refractivity contribution is 5.95. The minimum Gasteiger partial charge on any atom is -0.348 e. The van der Waals surface area contributed by atoms with Crippen molar-refractivity contribution >= 4 is 5.91 Å². The van der Waals surface area contributed by atoms with E-state index in [1.54, 1.807) is 36.8 Å². The van der Waals surface area contributed by atoms with Gasteiger partial charge in [-0.1, -0.05) is 18.2 Å². The van der Waals surface area contributed by atoms with Crippen LogP contribution < -0.4 is 5.32 Å². The lowest BCUT2D eigenvalue weighted by Crippen LogP contribution is -2.26. The van der Waals surface area contributed by atoms with Crippen LogP contribution in [0.4, 0.5) is 13.2 Å². The predicted molar refractivity (Wildman–Crippen MR) is 90.1 cm³/mol. The minimum atomic E-state index is -4.59. The summed E-state index contributed by atoms with van der Waals surface area (Å²) in [6.07, 6.45) is 0.268. The Kier molecular flexibility index (Phi) is 4.97. The summed E-state index contributed by atoms with van der Waals surface area (Å²) >= 11 is 0. The molecule has 0 fully saturated rings. The average Bonchev–Trinajstić information content (AvgIpc) is 2.66. The molecule has 132 valence electrons. The number of carbonyl (C=O) groups excluding carboxylic acids is 1. The summed E-state index contributed by atoms with van der Waals surface area (Å²) in [5.74, 6) is -0.793. The van der Waals surface area contributed by atoms with Crippen LogP contribution in [0.1, 0.15) is 21.5 Å². The van der Waals surface area contributed by atoms with Crippen LogP contribution in [0.2, 0.25) is 0 Å². The molecule has 1 N–H and O–H groups in total. The van der Waals surface area contributed by atoms with Crippen LogP contribution >= 0.6 is 0 Å². The Bertz CT molecular complexity index is 911. The Morgan fingerprint density at radius 1 is 1.00 bits per heavy atom. The molecule has 0 aliphatic carbocycles. The number of halogens is 3. The Balaban J connectivity index is 1.82. The maximum absolute atomic E-state index is 13.1. The van der Waals surface area contributed by atoms with E-state index in [2.05, 4.69) is 15.3 Å². The van der Waals surface area contributed by atoms with Crippen molar-refractivity contribution in [2.24, 2.45) is 0 Å². The number of alkyl halides is 3. The summed E-state index contributed by atoms with van der Waals surface area (Å²) in [5.41, 5.74) is 0.680. The van der Waals surface area contributed by atoms with Crippen LogP contribution in [0.3, 0.4) is 0 Å². The van der Waals surface area contributed by atoms with Gasteiger partial charge >= 0.3 is 6.18 Å². The van der Waals surface area contributed by atoms with E-state index in [1.807, 2.05) is 6.07 Å². The van der Waals surface area contributed by atoms with Gasteiger partial charge in [-0.25, -0.2) is 0 Å². The molecule has 0 aliphatic heterocycles. The van der Waals surface area contributed by atoms with Crippen molar-refractivity contribution in [2.45, 2.75) is 12.7 Å². The third-order valence-corrected chi connectivity index (χ3v) is 3.74. The molecule has 4 nitrogen and oxygen atoms in total. The third kappa shape index (κ3) is 3.88. The van der Waals surface area contributed by atoms with Crippen LogP contribution in [0, 0.1) is 0 Å². The number of amides is 1. The first kappa shape index (κ1) is 17.6. The Morgan fingerprint density at radius 2 is 1.77 bits per heavy atom. The number of hydrogen-bond acceptors (Lipinski definition) is 3. The first-order chi connectivity index (χ1) is 12.5. The van der Waals surface area contributed by atoms with Gasteiger partial charge in [-0.3, -0.25) is 14.8 Å². The van der Waals surface area contributed by atoms with Gasteiger partial charge in [-0.2, -0.15) is 13.2 Å². The molecule has 7 heteroatoms. The number of aromatic nitrogens is 2. The summed E-state index contributed by atoms with van der Waals surface area (Å²) in [6.45, 7) is 0.0447. The fourth-order valence-corrected chi connectivity index (χ4v) is 2.54. The topological polar surface area (TPSA) is 54.9 Å². The maximum atomic E-state index is 13.1. The number of hydrogen-bond donors (Lipinski definition) is 1. The van der Waals surface area contributed by atoms with Gasteiger partial charge in [0, 0.05) is 30.7 Å². The molecule has 0 unspecified atom stereocenters. The lowest BCUT2D eigenvalue weighted by molar-refractivity contribution is -0.137. The second-order valence-electron chi connectivity index (χ2n) is 5.48. The smallest absolute Gasteiger partial charge is 0.348 e. The zero-order valence-electron chi connectivity index (χ0n) is 13.5. The molecule has 0 aliphatic rings. The molecule has 0 saturated heterocycles. The molecule has 3 rings (SSSR count). The summed E-state index contributed by atoms with van der Waals surface area (Å²) in [7, 11) is 0. The van der Waals surface area contributed by atoms with Crippen LogP contribution in [-0.2, 0) is 12.7 Å². The highest BCUT2D eigenvalue weighted by Gasteiger charge is 2.34. The average molecular weight is 357 g/mol. The number of nitrogens with zero attached hydrogens (tertiary/aromatic N) is 2. The highest BCUT2D eigenvalue weighted by atomic mass is 19.4. The molecule has 0 saturated carbocycles. The van der Waals surface area contributed by atoms with Crippen molar-refractivity contribution in [3.8, 4) is 11.3 Å². The number of nitrogens with one attached hydrogen (secondary N) is 1. The van der Waals surface area contributed by atoms with E-state index in [1.165, 1.54) is 12.1 Å². The summed E-state index contributed by atoms with van der Waals surface area (Å²) in [4.78, 5) is 20.6. The van der Waals surface area contributed by atoms with Gasteiger partial charge in [0.15, 0.2) is 0 Å². The van der Waals surface area contributed by atoms with Gasteiger partial charge < -0.3 is 5.32 Å². The van der Waals surface area contributed by atoms with Gasteiger partial charge in [-0.15, -0.1) is 0 Å². The van der Waals surface area contributed by atoms with Crippen LogP contribution in [0.15, 0.2) is 67.1 Å². The Labute approximate surface area is 147 Å². The molecular formula is C19H14F3N3O. The lowest BCUT2D eigenvalue weighted by atomic mass is 10.1. The Morgan fingerprint density at radius 3 is 2.50 bits per heavy atom. The third-order valence-electron chi connectivity index (χ3n) is 3.74. The van der Waals surface area contributed by atoms with Crippen molar-refractivity contribution < 1.29 is 18.0 Å². The predicted octanol–water partition coefficient (Wildman–Crippen LogP) is 4.09. The van der Waals surface area contributed by atoms with Gasteiger partial charge in [0.2, 0.25) is 0 Å². The summed E-state index contributed by atoms with van der Waals surface area (Å²) in [5, 5.41) is 2.54. The molecule has 3 aromatic rings. The molecule has 2 aromatic heterocycles. The van der Waals surface area contributed by atoms with Crippen molar-refractivity contribution in [2.75, 3.05) is 0 Å². The largest absolute Gasteiger partial charge is 0.417 e. The molecule has 0 spiro atoms. The molecule has 0 atom stereocenters. The molecule has 1 amide bonds. The van der Waals surface area contributed by atoms with E-state index >= 15 is 0 Å². The zero-order valence-corrected chi connectivity index (χ0v) is 13.5. The quantitative estimate of drug-likeness (QED) is 0.765. The Hall–Kier alpha value is -3.22. The number of benzene rings is 1.